The molecule has 0 bridgehead atoms. The van der Waals surface area contributed by atoms with Gasteiger partial charge in [-0.3, -0.25) is 14.5 Å². The molecule has 98 valence electrons. The summed E-state index contributed by atoms with van der Waals surface area (Å²) < 4.78 is 0. The number of carbonyl (C=O) groups is 1. The predicted molar refractivity (Wildman–Crippen MR) is 66.4 cm³/mol. The van der Waals surface area contributed by atoms with Gasteiger partial charge in [-0.15, -0.1) is 0 Å². The molecule has 2 aliphatic rings. The quantitative estimate of drug-likeness (QED) is 0.738. The zero-order chi connectivity index (χ0) is 12.4. The molecule has 0 N–H and O–H groups in total. The van der Waals surface area contributed by atoms with E-state index in [1.807, 2.05) is 6.92 Å². The fourth-order valence-corrected chi connectivity index (χ4v) is 3.08. The molecule has 4 heteroatoms. The molecule has 2 saturated heterocycles. The van der Waals surface area contributed by atoms with Crippen molar-refractivity contribution in [3.05, 3.63) is 0 Å². The van der Waals surface area contributed by atoms with Crippen LogP contribution in [0.25, 0.3) is 0 Å². The summed E-state index contributed by atoms with van der Waals surface area (Å²) in [4.78, 5) is 20.1. The molecular formula is C13H24N2O2. The summed E-state index contributed by atoms with van der Waals surface area (Å²) in [6.45, 7) is 7.87. The summed E-state index contributed by atoms with van der Waals surface area (Å²) >= 11 is 0. The first-order valence-corrected chi connectivity index (χ1v) is 6.83. The average molecular weight is 240 g/mol. The molecule has 3 atom stereocenters. The van der Waals surface area contributed by atoms with E-state index >= 15 is 0 Å². The highest BCUT2D eigenvalue weighted by molar-refractivity contribution is 5.80. The van der Waals surface area contributed by atoms with Crippen molar-refractivity contribution >= 4 is 5.91 Å². The summed E-state index contributed by atoms with van der Waals surface area (Å²) in [5.41, 5.74) is 0. The third kappa shape index (κ3) is 2.63. The normalized spacial score (nSPS) is 32.8. The number of hydrogen-bond donors (Lipinski definition) is 0. The maximum atomic E-state index is 12.3. The van der Waals surface area contributed by atoms with E-state index in [-0.39, 0.29) is 11.9 Å². The van der Waals surface area contributed by atoms with Gasteiger partial charge in [-0.2, -0.15) is 0 Å². The maximum absolute atomic E-state index is 12.3. The van der Waals surface area contributed by atoms with E-state index in [0.29, 0.717) is 18.7 Å². The molecule has 1 amide bonds. The lowest BCUT2D eigenvalue weighted by Crippen LogP contribution is -2.51. The number of rotatable bonds is 2. The second-order valence-corrected chi connectivity index (χ2v) is 5.38. The largest absolute Gasteiger partial charge is 0.287 e. The van der Waals surface area contributed by atoms with Gasteiger partial charge in [0.2, 0.25) is 0 Å². The minimum Gasteiger partial charge on any atom is -0.287 e. The second kappa shape index (κ2) is 5.36. The molecular weight excluding hydrogens is 216 g/mol. The van der Waals surface area contributed by atoms with Crippen LogP contribution in [0.4, 0.5) is 0 Å². The van der Waals surface area contributed by atoms with Crippen LogP contribution in [0.5, 0.6) is 0 Å². The van der Waals surface area contributed by atoms with Gasteiger partial charge in [0.05, 0.1) is 12.6 Å². The van der Waals surface area contributed by atoms with Gasteiger partial charge in [-0.1, -0.05) is 0 Å². The van der Waals surface area contributed by atoms with Crippen LogP contribution in [0.15, 0.2) is 0 Å². The highest BCUT2D eigenvalue weighted by atomic mass is 16.7. The van der Waals surface area contributed by atoms with E-state index in [9.17, 15) is 4.79 Å². The Morgan fingerprint density at radius 1 is 1.24 bits per heavy atom. The van der Waals surface area contributed by atoms with Gasteiger partial charge in [-0.25, -0.2) is 5.06 Å². The van der Waals surface area contributed by atoms with Crippen molar-refractivity contribution in [2.75, 3.05) is 13.2 Å². The van der Waals surface area contributed by atoms with E-state index in [0.717, 1.165) is 19.4 Å². The number of carbonyl (C=O) groups excluding carboxylic acids is 1. The molecule has 2 heterocycles. The van der Waals surface area contributed by atoms with Crippen LogP contribution < -0.4 is 0 Å². The zero-order valence-electron chi connectivity index (χ0n) is 11.2. The number of nitrogens with zero attached hydrogens (tertiary/aromatic N) is 2. The Labute approximate surface area is 104 Å². The Bertz CT molecular complexity index is 267. The first-order valence-electron chi connectivity index (χ1n) is 6.83. The van der Waals surface area contributed by atoms with Crippen LogP contribution in [0.3, 0.4) is 0 Å². The first kappa shape index (κ1) is 12.8. The molecule has 0 aliphatic carbocycles. The monoisotopic (exact) mass is 240 g/mol. The zero-order valence-corrected chi connectivity index (χ0v) is 11.2. The van der Waals surface area contributed by atoms with Gasteiger partial charge in [-0.05, 0) is 46.5 Å². The molecule has 0 aromatic rings. The Kier molecular flexibility index (Phi) is 4.05. The van der Waals surface area contributed by atoms with Crippen molar-refractivity contribution < 1.29 is 9.63 Å². The van der Waals surface area contributed by atoms with Crippen molar-refractivity contribution in [1.82, 2.24) is 9.96 Å². The number of likely N-dealkylation sites (tertiary alicyclic amines) is 1. The molecule has 0 radical (unpaired) electrons. The molecule has 2 aliphatic heterocycles. The van der Waals surface area contributed by atoms with Gasteiger partial charge in [0, 0.05) is 18.6 Å². The van der Waals surface area contributed by atoms with Gasteiger partial charge in [0.1, 0.15) is 0 Å². The summed E-state index contributed by atoms with van der Waals surface area (Å²) in [5, 5.41) is 1.58. The lowest BCUT2D eigenvalue weighted by Gasteiger charge is -2.35. The highest BCUT2D eigenvalue weighted by Gasteiger charge is 2.36. The van der Waals surface area contributed by atoms with Gasteiger partial charge in [0.25, 0.3) is 5.91 Å². The number of hydrogen-bond acceptors (Lipinski definition) is 3. The fourth-order valence-electron chi connectivity index (χ4n) is 3.08. The van der Waals surface area contributed by atoms with Crippen molar-refractivity contribution in [2.45, 2.75) is 64.6 Å². The summed E-state index contributed by atoms with van der Waals surface area (Å²) in [6.07, 6.45) is 4.51. The van der Waals surface area contributed by atoms with Crippen molar-refractivity contribution in [1.29, 1.82) is 0 Å². The van der Waals surface area contributed by atoms with E-state index in [1.54, 1.807) is 5.06 Å². The predicted octanol–water partition coefficient (Wildman–Crippen LogP) is 1.80. The molecule has 2 rings (SSSR count). The topological polar surface area (TPSA) is 32.8 Å². The van der Waals surface area contributed by atoms with Crippen LogP contribution >= 0.6 is 0 Å². The fraction of sp³-hybridized carbons (Fsp3) is 0.923. The van der Waals surface area contributed by atoms with Crippen molar-refractivity contribution in [2.24, 2.45) is 0 Å². The average Bonchev–Trinajstić information content (AvgIpc) is 2.68. The number of hydroxylamine groups is 2. The van der Waals surface area contributed by atoms with Crippen LogP contribution in [0.1, 0.15) is 46.5 Å². The first-order chi connectivity index (χ1) is 8.11. The SMILES string of the molecule is CC1CCC(C)N1C(C)C(=O)N1CCCCO1. The highest BCUT2D eigenvalue weighted by Crippen LogP contribution is 2.26. The summed E-state index contributed by atoms with van der Waals surface area (Å²) in [5.74, 6) is 0.130. The molecule has 0 aromatic carbocycles. The third-order valence-electron chi connectivity index (χ3n) is 4.07. The summed E-state index contributed by atoms with van der Waals surface area (Å²) in [7, 11) is 0. The molecule has 0 aromatic heterocycles. The Morgan fingerprint density at radius 2 is 1.88 bits per heavy atom. The second-order valence-electron chi connectivity index (χ2n) is 5.38. The van der Waals surface area contributed by atoms with Gasteiger partial charge in [0.15, 0.2) is 0 Å². The Hall–Kier alpha value is -0.610. The van der Waals surface area contributed by atoms with Gasteiger partial charge < -0.3 is 0 Å². The van der Waals surface area contributed by atoms with Gasteiger partial charge >= 0.3 is 0 Å². The van der Waals surface area contributed by atoms with Crippen LogP contribution in [-0.2, 0) is 9.63 Å². The minimum absolute atomic E-state index is 0.0550. The molecule has 17 heavy (non-hydrogen) atoms. The Balaban J connectivity index is 1.98. The maximum Gasteiger partial charge on any atom is 0.263 e. The minimum atomic E-state index is -0.0550. The molecule has 0 spiro atoms. The van der Waals surface area contributed by atoms with Crippen LogP contribution in [-0.4, -0.2) is 47.1 Å². The Morgan fingerprint density at radius 3 is 2.41 bits per heavy atom. The third-order valence-corrected chi connectivity index (χ3v) is 4.07. The standard InChI is InChI=1S/C13H24N2O2/c1-10-6-7-11(2)15(10)12(3)13(16)14-8-4-5-9-17-14/h10-12H,4-9H2,1-3H3. The van der Waals surface area contributed by atoms with E-state index in [2.05, 4.69) is 18.7 Å². The molecule has 2 fully saturated rings. The lowest BCUT2D eigenvalue weighted by molar-refractivity contribution is -0.202. The molecule has 0 saturated carbocycles. The van der Waals surface area contributed by atoms with E-state index in [4.69, 9.17) is 4.84 Å². The smallest absolute Gasteiger partial charge is 0.263 e. The van der Waals surface area contributed by atoms with E-state index < -0.39 is 0 Å². The van der Waals surface area contributed by atoms with E-state index in [1.165, 1.54) is 12.8 Å². The van der Waals surface area contributed by atoms with Crippen LogP contribution in [0.2, 0.25) is 0 Å². The lowest BCUT2D eigenvalue weighted by atomic mass is 10.2. The van der Waals surface area contributed by atoms with Crippen molar-refractivity contribution in [3.63, 3.8) is 0 Å². The molecule has 3 unspecified atom stereocenters. The summed E-state index contributed by atoms with van der Waals surface area (Å²) in [6, 6.07) is 0.961. The number of amides is 1. The van der Waals surface area contributed by atoms with Crippen molar-refractivity contribution in [3.8, 4) is 0 Å². The van der Waals surface area contributed by atoms with Crippen LogP contribution in [0, 0.1) is 0 Å². The molecule has 4 nitrogen and oxygen atoms in total.